The van der Waals surface area contributed by atoms with Crippen molar-refractivity contribution >= 4 is 43.4 Å². The first kappa shape index (κ1) is 19.1. The summed E-state index contributed by atoms with van der Waals surface area (Å²) in [4.78, 5) is 40.7. The SMILES string of the molecule is CCOC(=O)c1cc(C)cc2sc3c(-c4ccccc4)c(C(C)=O)c(=O)[nH]c3c12. The van der Waals surface area contributed by atoms with Gasteiger partial charge in [0.05, 0.1) is 28.0 Å². The maximum Gasteiger partial charge on any atom is 0.338 e. The van der Waals surface area contributed by atoms with Crippen LogP contribution in [0.15, 0.2) is 47.3 Å². The first-order valence-corrected chi connectivity index (χ1v) is 10.1. The van der Waals surface area contributed by atoms with Crippen molar-refractivity contribution in [1.82, 2.24) is 4.98 Å². The summed E-state index contributed by atoms with van der Waals surface area (Å²) in [6.07, 6.45) is 0. The molecule has 1 N–H and O–H groups in total. The van der Waals surface area contributed by atoms with Gasteiger partial charge in [-0.05, 0) is 44.0 Å². The summed E-state index contributed by atoms with van der Waals surface area (Å²) < 4.78 is 6.86. The number of H-pyrrole nitrogens is 1. The molecule has 6 heteroatoms. The number of hydrogen-bond acceptors (Lipinski definition) is 5. The Kier molecular flexibility index (Phi) is 4.80. The van der Waals surface area contributed by atoms with Crippen LogP contribution < -0.4 is 5.56 Å². The van der Waals surface area contributed by atoms with Crippen molar-refractivity contribution in [3.8, 4) is 11.1 Å². The Morgan fingerprint density at radius 2 is 1.86 bits per heavy atom. The number of carbonyl (C=O) groups excluding carboxylic acids is 2. The molecule has 0 aliphatic heterocycles. The van der Waals surface area contributed by atoms with Crippen molar-refractivity contribution in [2.24, 2.45) is 0 Å². The molecule has 146 valence electrons. The first-order valence-electron chi connectivity index (χ1n) is 9.29. The van der Waals surface area contributed by atoms with E-state index in [-0.39, 0.29) is 18.0 Å². The number of aryl methyl sites for hydroxylation is 1. The highest BCUT2D eigenvalue weighted by molar-refractivity contribution is 7.26. The number of carbonyl (C=O) groups is 2. The van der Waals surface area contributed by atoms with Gasteiger partial charge in [0.2, 0.25) is 0 Å². The highest BCUT2D eigenvalue weighted by Crippen LogP contribution is 2.41. The third kappa shape index (κ3) is 3.15. The number of thiophene rings is 1. The van der Waals surface area contributed by atoms with E-state index in [9.17, 15) is 14.4 Å². The van der Waals surface area contributed by atoms with Gasteiger partial charge in [0.1, 0.15) is 0 Å². The zero-order valence-electron chi connectivity index (χ0n) is 16.3. The van der Waals surface area contributed by atoms with Crippen molar-refractivity contribution in [1.29, 1.82) is 0 Å². The van der Waals surface area contributed by atoms with E-state index in [2.05, 4.69) is 4.98 Å². The van der Waals surface area contributed by atoms with Crippen LogP contribution in [0.3, 0.4) is 0 Å². The average molecular weight is 405 g/mol. The van der Waals surface area contributed by atoms with Gasteiger partial charge in [0.15, 0.2) is 5.78 Å². The predicted molar refractivity (Wildman–Crippen MR) is 116 cm³/mol. The summed E-state index contributed by atoms with van der Waals surface area (Å²) in [7, 11) is 0. The van der Waals surface area contributed by atoms with Gasteiger partial charge in [-0.3, -0.25) is 9.59 Å². The van der Waals surface area contributed by atoms with Gasteiger partial charge in [-0.15, -0.1) is 11.3 Å². The first-order chi connectivity index (χ1) is 13.9. The maximum atomic E-state index is 12.9. The van der Waals surface area contributed by atoms with Crippen molar-refractivity contribution in [2.45, 2.75) is 20.8 Å². The molecule has 0 saturated carbocycles. The lowest BCUT2D eigenvalue weighted by Gasteiger charge is -2.09. The second kappa shape index (κ2) is 7.29. The summed E-state index contributed by atoms with van der Waals surface area (Å²) in [5.74, 6) is -0.732. The summed E-state index contributed by atoms with van der Waals surface area (Å²) >= 11 is 1.46. The van der Waals surface area contributed by atoms with Gasteiger partial charge in [-0.1, -0.05) is 30.3 Å². The Hall–Kier alpha value is -3.25. The second-order valence-corrected chi connectivity index (χ2v) is 7.89. The van der Waals surface area contributed by atoms with Crippen LogP contribution >= 0.6 is 11.3 Å². The molecule has 2 aromatic carbocycles. The van der Waals surface area contributed by atoms with E-state index in [1.165, 1.54) is 18.3 Å². The minimum absolute atomic E-state index is 0.129. The van der Waals surface area contributed by atoms with Crippen LogP contribution in [-0.4, -0.2) is 23.3 Å². The van der Waals surface area contributed by atoms with Crippen LogP contribution in [0.25, 0.3) is 31.4 Å². The van der Waals surface area contributed by atoms with Gasteiger partial charge in [-0.25, -0.2) is 4.79 Å². The fourth-order valence-electron chi connectivity index (χ4n) is 3.65. The van der Waals surface area contributed by atoms with Crippen LogP contribution in [-0.2, 0) is 4.74 Å². The lowest BCUT2D eigenvalue weighted by molar-refractivity contribution is 0.0528. The third-order valence-electron chi connectivity index (χ3n) is 4.79. The van der Waals surface area contributed by atoms with Crippen molar-refractivity contribution < 1.29 is 14.3 Å². The number of rotatable bonds is 4. The highest BCUT2D eigenvalue weighted by Gasteiger charge is 2.24. The van der Waals surface area contributed by atoms with Crippen molar-refractivity contribution in [3.05, 3.63) is 69.5 Å². The van der Waals surface area contributed by atoms with Crippen LogP contribution in [0.1, 0.15) is 40.1 Å². The normalized spacial score (nSPS) is 11.1. The number of fused-ring (bicyclic) bond motifs is 3. The molecule has 0 spiro atoms. The number of aromatic nitrogens is 1. The van der Waals surface area contributed by atoms with Crippen LogP contribution in [0.4, 0.5) is 0 Å². The molecular weight excluding hydrogens is 386 g/mol. The van der Waals surface area contributed by atoms with E-state index in [4.69, 9.17) is 4.74 Å². The molecule has 4 rings (SSSR count). The Bertz CT molecular complexity index is 1330. The Balaban J connectivity index is 2.21. The number of pyridine rings is 1. The predicted octanol–water partition coefficient (Wildman–Crippen LogP) is 5.10. The van der Waals surface area contributed by atoms with Crippen LogP contribution in [0, 0.1) is 6.92 Å². The summed E-state index contributed by atoms with van der Waals surface area (Å²) in [6, 6.07) is 13.1. The molecule has 5 nitrogen and oxygen atoms in total. The zero-order chi connectivity index (χ0) is 20.7. The number of Topliss-reactive ketones (excluding diaryl/α,β-unsaturated/α-hetero) is 1. The molecule has 4 aromatic rings. The molecule has 0 saturated heterocycles. The second-order valence-electron chi connectivity index (χ2n) is 6.84. The van der Waals surface area contributed by atoms with Gasteiger partial charge >= 0.3 is 5.97 Å². The minimum atomic E-state index is -0.459. The Morgan fingerprint density at radius 3 is 2.52 bits per heavy atom. The highest BCUT2D eigenvalue weighted by atomic mass is 32.1. The minimum Gasteiger partial charge on any atom is -0.462 e. The number of ether oxygens (including phenoxy) is 1. The zero-order valence-corrected chi connectivity index (χ0v) is 17.1. The third-order valence-corrected chi connectivity index (χ3v) is 5.94. The molecule has 0 fully saturated rings. The fraction of sp³-hybridized carbons (Fsp3) is 0.174. The quantitative estimate of drug-likeness (QED) is 0.379. The van der Waals surface area contributed by atoms with E-state index >= 15 is 0 Å². The molecular formula is C23H19NO4S. The molecule has 2 aromatic heterocycles. The number of aromatic amines is 1. The standard InChI is InChI=1S/C23H19NO4S/c1-4-28-23(27)15-10-12(2)11-16-19(15)20-21(29-16)18(14-8-6-5-7-9-14)17(13(3)25)22(26)24-20/h5-11H,4H2,1-3H3,(H,24,26). The van der Waals surface area contributed by atoms with Gasteiger partial charge in [-0.2, -0.15) is 0 Å². The topological polar surface area (TPSA) is 76.2 Å². The van der Waals surface area contributed by atoms with E-state index in [1.807, 2.05) is 43.3 Å². The molecule has 0 atom stereocenters. The Labute approximate surface area is 170 Å². The van der Waals surface area contributed by atoms with E-state index < -0.39 is 11.5 Å². The lowest BCUT2D eigenvalue weighted by atomic mass is 9.97. The van der Waals surface area contributed by atoms with Gasteiger partial charge in [0, 0.05) is 15.6 Å². The maximum absolute atomic E-state index is 12.9. The molecule has 29 heavy (non-hydrogen) atoms. The van der Waals surface area contributed by atoms with Crippen LogP contribution in [0.2, 0.25) is 0 Å². The number of esters is 1. The molecule has 2 heterocycles. The largest absolute Gasteiger partial charge is 0.462 e. The average Bonchev–Trinajstić information content (AvgIpc) is 3.04. The molecule has 0 aliphatic rings. The van der Waals surface area contributed by atoms with E-state index in [1.54, 1.807) is 13.0 Å². The number of ketones is 1. The van der Waals surface area contributed by atoms with E-state index in [0.717, 1.165) is 20.5 Å². The van der Waals surface area contributed by atoms with Crippen molar-refractivity contribution in [3.63, 3.8) is 0 Å². The summed E-state index contributed by atoms with van der Waals surface area (Å²) in [5.41, 5.74) is 2.95. The monoisotopic (exact) mass is 405 g/mol. The van der Waals surface area contributed by atoms with Gasteiger partial charge in [0.25, 0.3) is 5.56 Å². The van der Waals surface area contributed by atoms with Gasteiger partial charge < -0.3 is 9.72 Å². The summed E-state index contributed by atoms with van der Waals surface area (Å²) in [5, 5.41) is 0.651. The van der Waals surface area contributed by atoms with Crippen molar-refractivity contribution in [2.75, 3.05) is 6.61 Å². The van der Waals surface area contributed by atoms with Crippen LogP contribution in [0.5, 0.6) is 0 Å². The molecule has 0 unspecified atom stereocenters. The smallest absolute Gasteiger partial charge is 0.338 e. The number of nitrogens with one attached hydrogen (secondary N) is 1. The fourth-order valence-corrected chi connectivity index (χ4v) is 5.01. The molecule has 0 bridgehead atoms. The lowest BCUT2D eigenvalue weighted by Crippen LogP contribution is -2.17. The Morgan fingerprint density at radius 1 is 1.14 bits per heavy atom. The number of hydrogen-bond donors (Lipinski definition) is 1. The molecule has 0 radical (unpaired) electrons. The molecule has 0 amide bonds. The summed E-state index contributed by atoms with van der Waals surface area (Å²) in [6.45, 7) is 5.32. The molecule has 0 aliphatic carbocycles. The van der Waals surface area contributed by atoms with E-state index in [0.29, 0.717) is 22.0 Å². The number of benzene rings is 2.